The third-order valence-corrected chi connectivity index (χ3v) is 5.42. The Balaban J connectivity index is 1.36. The van der Waals surface area contributed by atoms with Gasteiger partial charge >= 0.3 is 0 Å². The van der Waals surface area contributed by atoms with Crippen LogP contribution < -0.4 is 0 Å². The summed E-state index contributed by atoms with van der Waals surface area (Å²) in [6.45, 7) is 2.82. The smallest absolute Gasteiger partial charge is 0.248 e. The predicted molar refractivity (Wildman–Crippen MR) is 85.3 cm³/mol. The summed E-state index contributed by atoms with van der Waals surface area (Å²) in [5, 5.41) is 4.07. The van der Waals surface area contributed by atoms with Crippen LogP contribution in [-0.2, 0) is 38.6 Å². The van der Waals surface area contributed by atoms with Crippen LogP contribution in [-0.4, -0.2) is 67.2 Å². The number of fused-ring (bicyclic) bond motifs is 2. The lowest BCUT2D eigenvalue weighted by atomic mass is 10.1. The molecular weight excluding hydrogens is 326 g/mol. The molecule has 4 rings (SSSR count). The molecule has 25 heavy (non-hydrogen) atoms. The summed E-state index contributed by atoms with van der Waals surface area (Å²) in [6, 6.07) is 0. The molecule has 136 valence electrons. The summed E-state index contributed by atoms with van der Waals surface area (Å²) in [7, 11) is 3.37. The molecule has 3 heterocycles. The highest BCUT2D eigenvalue weighted by molar-refractivity contribution is 5.83. The largest absolute Gasteiger partial charge is 0.381 e. The van der Waals surface area contributed by atoms with Gasteiger partial charge in [-0.3, -0.25) is 9.59 Å². The molecule has 3 atom stereocenters. The van der Waals surface area contributed by atoms with Gasteiger partial charge in [0.05, 0.1) is 26.4 Å². The number of nitrogens with zero attached hydrogens (tertiary/aromatic N) is 3. The first-order chi connectivity index (χ1) is 12.1. The average molecular weight is 349 g/mol. The first-order valence-electron chi connectivity index (χ1n) is 8.67. The third-order valence-electron chi connectivity index (χ3n) is 5.42. The van der Waals surface area contributed by atoms with Gasteiger partial charge in [0, 0.05) is 38.5 Å². The summed E-state index contributed by atoms with van der Waals surface area (Å²) >= 11 is 0. The maximum atomic E-state index is 12.7. The van der Waals surface area contributed by atoms with E-state index in [0.717, 1.165) is 11.3 Å². The van der Waals surface area contributed by atoms with Crippen molar-refractivity contribution in [2.75, 3.05) is 40.5 Å². The lowest BCUT2D eigenvalue weighted by Gasteiger charge is -2.27. The lowest BCUT2D eigenvalue weighted by Crippen LogP contribution is -2.38. The molecule has 0 radical (unpaired) electrons. The Hall–Kier alpha value is -1.93. The number of likely N-dealkylation sites (N-methyl/N-ethyl adjacent to an activating group) is 1. The Bertz CT molecular complexity index is 676. The van der Waals surface area contributed by atoms with Gasteiger partial charge in [-0.05, 0) is 11.8 Å². The number of carbonyl (C=O) groups excluding carboxylic acids is 2. The maximum Gasteiger partial charge on any atom is 0.248 e. The van der Waals surface area contributed by atoms with Crippen molar-refractivity contribution >= 4 is 11.8 Å². The van der Waals surface area contributed by atoms with Crippen LogP contribution in [0.15, 0.2) is 4.52 Å². The minimum absolute atomic E-state index is 0.00269. The summed E-state index contributed by atoms with van der Waals surface area (Å²) in [6.07, 6.45) is 0.670. The van der Waals surface area contributed by atoms with Crippen LogP contribution in [0.25, 0.3) is 0 Å². The van der Waals surface area contributed by atoms with Gasteiger partial charge in [-0.1, -0.05) is 5.16 Å². The van der Waals surface area contributed by atoms with Crippen molar-refractivity contribution in [1.29, 1.82) is 0 Å². The minimum Gasteiger partial charge on any atom is -0.381 e. The van der Waals surface area contributed by atoms with E-state index in [0.29, 0.717) is 50.3 Å². The van der Waals surface area contributed by atoms with Crippen LogP contribution in [0.4, 0.5) is 0 Å². The quantitative estimate of drug-likeness (QED) is 0.747. The second kappa shape index (κ2) is 6.42. The number of carbonyl (C=O) groups is 2. The van der Waals surface area contributed by atoms with Crippen molar-refractivity contribution < 1.29 is 23.6 Å². The van der Waals surface area contributed by atoms with Crippen LogP contribution >= 0.6 is 0 Å². The summed E-state index contributed by atoms with van der Waals surface area (Å²) < 4.78 is 16.2. The molecule has 1 saturated carbocycles. The molecule has 2 amide bonds. The van der Waals surface area contributed by atoms with Gasteiger partial charge in [0.2, 0.25) is 11.8 Å². The fraction of sp³-hybridized carbons (Fsp3) is 0.706. The molecule has 2 fully saturated rings. The molecular formula is C17H23N3O5. The Kier molecular flexibility index (Phi) is 4.24. The van der Waals surface area contributed by atoms with Gasteiger partial charge in [-0.2, -0.15) is 0 Å². The molecule has 8 nitrogen and oxygen atoms in total. The highest BCUT2D eigenvalue weighted by atomic mass is 16.5. The zero-order valence-electron chi connectivity index (χ0n) is 14.6. The van der Waals surface area contributed by atoms with E-state index in [4.69, 9.17) is 14.0 Å². The van der Waals surface area contributed by atoms with E-state index < -0.39 is 0 Å². The topological polar surface area (TPSA) is 85.1 Å². The monoisotopic (exact) mass is 349 g/mol. The third kappa shape index (κ3) is 3.04. The molecule has 1 aliphatic carbocycles. The first-order valence-corrected chi connectivity index (χ1v) is 8.67. The van der Waals surface area contributed by atoms with Crippen LogP contribution in [0.2, 0.25) is 0 Å². The standard InChI is InChI=1S/C17H23N3O5/c1-19(2)15(21)9-24-8-13-10-5-20(4-3-14(10)25-18-13)17(22)16-11-6-23-7-12(11)16/h11-12,16H,3-9H2,1-2H3/t11-,12+,16?. The SMILES string of the molecule is CN(C)C(=O)COCc1noc2c1CN(C(=O)C1[C@H]3COC[C@@H]13)CC2. The Morgan fingerprint density at radius 1 is 1.32 bits per heavy atom. The fourth-order valence-electron chi connectivity index (χ4n) is 3.75. The summed E-state index contributed by atoms with van der Waals surface area (Å²) in [5.74, 6) is 1.90. The lowest BCUT2D eigenvalue weighted by molar-refractivity contribution is -0.135. The highest BCUT2D eigenvalue weighted by Gasteiger charge is 2.59. The van der Waals surface area contributed by atoms with Gasteiger partial charge in [0.25, 0.3) is 0 Å². The number of aromatic nitrogens is 1. The van der Waals surface area contributed by atoms with Crippen LogP contribution in [0, 0.1) is 17.8 Å². The molecule has 0 bridgehead atoms. The van der Waals surface area contributed by atoms with Crippen molar-refractivity contribution in [3.63, 3.8) is 0 Å². The van der Waals surface area contributed by atoms with Gasteiger partial charge < -0.3 is 23.8 Å². The molecule has 1 aromatic rings. The van der Waals surface area contributed by atoms with Crippen molar-refractivity contribution in [2.45, 2.75) is 19.6 Å². The van der Waals surface area contributed by atoms with Gasteiger partial charge in [-0.25, -0.2) is 0 Å². The molecule has 1 unspecified atom stereocenters. The van der Waals surface area contributed by atoms with Gasteiger partial charge in [-0.15, -0.1) is 0 Å². The van der Waals surface area contributed by atoms with E-state index in [-0.39, 0.29) is 30.9 Å². The second-order valence-corrected chi connectivity index (χ2v) is 7.21. The van der Waals surface area contributed by atoms with Crippen molar-refractivity contribution in [3.8, 4) is 0 Å². The minimum atomic E-state index is -0.100. The molecule has 0 aromatic carbocycles. The molecule has 3 aliphatic rings. The summed E-state index contributed by atoms with van der Waals surface area (Å²) in [5.41, 5.74) is 1.61. The fourth-order valence-corrected chi connectivity index (χ4v) is 3.75. The number of ether oxygens (including phenoxy) is 2. The molecule has 0 spiro atoms. The molecule has 0 N–H and O–H groups in total. The summed E-state index contributed by atoms with van der Waals surface area (Å²) in [4.78, 5) is 27.7. The van der Waals surface area contributed by atoms with Crippen molar-refractivity contribution in [1.82, 2.24) is 15.0 Å². The van der Waals surface area contributed by atoms with E-state index in [1.165, 1.54) is 4.90 Å². The molecule has 8 heteroatoms. The maximum absolute atomic E-state index is 12.7. The van der Waals surface area contributed by atoms with Crippen LogP contribution in [0.5, 0.6) is 0 Å². The Morgan fingerprint density at radius 2 is 2.08 bits per heavy atom. The van der Waals surface area contributed by atoms with Crippen molar-refractivity contribution in [2.24, 2.45) is 17.8 Å². The molecule has 2 aliphatic heterocycles. The first kappa shape index (κ1) is 16.5. The Labute approximate surface area is 146 Å². The van der Waals surface area contributed by atoms with E-state index in [9.17, 15) is 9.59 Å². The van der Waals surface area contributed by atoms with E-state index in [2.05, 4.69) is 5.16 Å². The van der Waals surface area contributed by atoms with Crippen molar-refractivity contribution in [3.05, 3.63) is 17.0 Å². The van der Waals surface area contributed by atoms with Crippen LogP contribution in [0.1, 0.15) is 17.0 Å². The van der Waals surface area contributed by atoms with E-state index in [1.54, 1.807) is 14.1 Å². The normalized spacial score (nSPS) is 27.0. The van der Waals surface area contributed by atoms with Gasteiger partial charge in [0.15, 0.2) is 0 Å². The van der Waals surface area contributed by atoms with E-state index in [1.807, 2.05) is 4.90 Å². The number of rotatable bonds is 5. The number of hydrogen-bond donors (Lipinski definition) is 0. The zero-order valence-corrected chi connectivity index (χ0v) is 14.6. The number of amides is 2. The zero-order chi connectivity index (χ0) is 17.6. The number of hydrogen-bond acceptors (Lipinski definition) is 6. The second-order valence-electron chi connectivity index (χ2n) is 7.21. The molecule has 1 saturated heterocycles. The van der Waals surface area contributed by atoms with Crippen LogP contribution in [0.3, 0.4) is 0 Å². The molecule has 1 aromatic heterocycles. The van der Waals surface area contributed by atoms with E-state index >= 15 is 0 Å². The Morgan fingerprint density at radius 3 is 2.80 bits per heavy atom. The van der Waals surface area contributed by atoms with Gasteiger partial charge in [0.1, 0.15) is 18.1 Å². The predicted octanol–water partition coefficient (Wildman–Crippen LogP) is 0.0565. The highest BCUT2D eigenvalue weighted by Crippen LogP contribution is 2.51. The average Bonchev–Trinajstić information content (AvgIpc) is 2.95.